The molecule has 2 N–H and O–H groups in total. The second kappa shape index (κ2) is 17.7. The van der Waals surface area contributed by atoms with Gasteiger partial charge in [0.15, 0.2) is 0 Å². The van der Waals surface area contributed by atoms with E-state index in [9.17, 15) is 22.4 Å². The largest absolute Gasteiger partial charge is 0.496 e. The average molecular weight is 815 g/mol. The molecule has 6 rings (SSSR count). The number of benzene rings is 4. The monoisotopic (exact) mass is 814 g/mol. The zero-order valence-electron chi connectivity index (χ0n) is 31.6. The summed E-state index contributed by atoms with van der Waals surface area (Å²) in [4.78, 5) is 34.0. The molecular weight excluding hydrogens is 778 g/mol. The van der Waals surface area contributed by atoms with Gasteiger partial charge < -0.3 is 24.3 Å². The van der Waals surface area contributed by atoms with E-state index in [1.54, 1.807) is 36.7 Å². The maximum atomic E-state index is 15.5. The second-order valence-electron chi connectivity index (χ2n) is 12.8. The Bertz CT molecular complexity index is 2560. The lowest BCUT2D eigenvalue weighted by Gasteiger charge is -2.20. The molecule has 0 saturated heterocycles. The van der Waals surface area contributed by atoms with Gasteiger partial charge in [-0.2, -0.15) is 4.39 Å². The van der Waals surface area contributed by atoms with Crippen LogP contribution in [-0.2, 0) is 37.3 Å². The summed E-state index contributed by atoms with van der Waals surface area (Å²) in [6.07, 6.45) is 4.30. The van der Waals surface area contributed by atoms with E-state index in [4.69, 9.17) is 18.9 Å². The van der Waals surface area contributed by atoms with Crippen LogP contribution in [0, 0.1) is 17.6 Å². The Balaban J connectivity index is 1.24. The molecule has 0 saturated carbocycles. The van der Waals surface area contributed by atoms with Crippen LogP contribution < -0.4 is 19.5 Å². The first-order valence-corrected chi connectivity index (χ1v) is 19.2. The van der Waals surface area contributed by atoms with Crippen molar-refractivity contribution in [1.29, 1.82) is 0 Å². The van der Waals surface area contributed by atoms with Crippen molar-refractivity contribution >= 4 is 38.4 Å². The average Bonchev–Trinajstić information content (AvgIpc) is 3.21. The molecule has 0 spiro atoms. The van der Waals surface area contributed by atoms with E-state index in [2.05, 4.69) is 20.0 Å². The predicted molar refractivity (Wildman–Crippen MR) is 209 cm³/mol. The third kappa shape index (κ3) is 8.87. The van der Waals surface area contributed by atoms with Crippen molar-refractivity contribution in [1.82, 2.24) is 15.3 Å². The molecule has 1 amide bonds. The van der Waals surface area contributed by atoms with E-state index in [1.165, 1.54) is 50.7 Å². The van der Waals surface area contributed by atoms with Crippen LogP contribution >= 0.6 is 0 Å². The van der Waals surface area contributed by atoms with Crippen molar-refractivity contribution < 1.29 is 50.1 Å². The summed E-state index contributed by atoms with van der Waals surface area (Å²) in [7, 11) is -0.183. The zero-order chi connectivity index (χ0) is 41.6. The Kier molecular flexibility index (Phi) is 12.6. The summed E-state index contributed by atoms with van der Waals surface area (Å²) in [5, 5.41) is 3.67. The van der Waals surface area contributed by atoms with Gasteiger partial charge in [0.25, 0.3) is 15.9 Å². The number of nitrogens with one attached hydrogen (secondary N) is 2. The Hall–Kier alpha value is -6.52. The van der Waals surface area contributed by atoms with Gasteiger partial charge in [0.05, 0.1) is 44.1 Å². The van der Waals surface area contributed by atoms with Gasteiger partial charge in [0, 0.05) is 43.1 Å². The smallest absolute Gasteiger partial charge is 0.328 e. The molecule has 16 heteroatoms. The number of nitrogens with zero attached hydrogens (tertiary/aromatic N) is 2. The molecule has 4 aromatic carbocycles. The molecule has 2 heterocycles. The van der Waals surface area contributed by atoms with E-state index >= 15 is 8.78 Å². The normalized spacial score (nSPS) is 11.8. The first kappa shape index (κ1) is 41.1. The minimum Gasteiger partial charge on any atom is -0.496 e. The number of hydrogen-bond donors (Lipinski definition) is 2. The molecule has 0 unspecified atom stereocenters. The number of aromatic nitrogens is 2. The lowest BCUT2D eigenvalue weighted by Crippen LogP contribution is -2.43. The molecule has 0 aliphatic carbocycles. The molecule has 2 aromatic heterocycles. The van der Waals surface area contributed by atoms with E-state index < -0.39 is 56.8 Å². The zero-order valence-corrected chi connectivity index (χ0v) is 32.5. The SMILES string of the molecule is CCOCc1cc(OC)c(-c2ccc(C[C@H](NC(=O)c3c(F)cc(NS(=O)(=O)c4ccc(-c5ccnc(F)c5)cc4)cc3F)C(=O)OC)c3ccncc23)c(OC)c1. The van der Waals surface area contributed by atoms with Gasteiger partial charge in [0.1, 0.15) is 34.7 Å². The van der Waals surface area contributed by atoms with Crippen LogP contribution in [0.5, 0.6) is 11.5 Å². The van der Waals surface area contributed by atoms with Gasteiger partial charge in [0.2, 0.25) is 5.95 Å². The van der Waals surface area contributed by atoms with Crippen molar-refractivity contribution in [3.05, 3.63) is 132 Å². The highest BCUT2D eigenvalue weighted by molar-refractivity contribution is 7.92. The molecule has 1 atom stereocenters. The fourth-order valence-electron chi connectivity index (χ4n) is 6.44. The number of pyridine rings is 2. The quantitative estimate of drug-likeness (QED) is 0.0801. The third-order valence-electron chi connectivity index (χ3n) is 9.18. The maximum Gasteiger partial charge on any atom is 0.328 e. The van der Waals surface area contributed by atoms with Gasteiger partial charge in [-0.3, -0.25) is 14.5 Å². The summed E-state index contributed by atoms with van der Waals surface area (Å²) in [6.45, 7) is 2.76. The molecule has 58 heavy (non-hydrogen) atoms. The summed E-state index contributed by atoms with van der Waals surface area (Å²) < 4.78 is 94.9. The number of amides is 1. The van der Waals surface area contributed by atoms with Gasteiger partial charge >= 0.3 is 5.97 Å². The number of halogens is 3. The molecule has 300 valence electrons. The first-order valence-electron chi connectivity index (χ1n) is 17.7. The van der Waals surface area contributed by atoms with Gasteiger partial charge in [-0.15, -0.1) is 0 Å². The topological polar surface area (TPSA) is 155 Å². The summed E-state index contributed by atoms with van der Waals surface area (Å²) in [5.74, 6) is -4.65. The highest BCUT2D eigenvalue weighted by Gasteiger charge is 2.28. The fourth-order valence-corrected chi connectivity index (χ4v) is 7.48. The number of rotatable bonds is 15. The predicted octanol–water partition coefficient (Wildman–Crippen LogP) is 7.25. The van der Waals surface area contributed by atoms with E-state index in [1.807, 2.05) is 19.1 Å². The molecular formula is C42H37F3N4O8S. The molecule has 6 aromatic rings. The standard InChI is InChI=1S/C42H37F3N4O8S/c1-5-57-23-24-16-36(54-2)39(37(17-24)55-3)31-11-8-27(30-13-14-46-22-32(30)31)18-35(42(51)56-4)48-41(50)40-33(43)20-28(21-34(40)44)49-58(52,53)29-9-6-25(7-10-29)26-12-15-47-38(45)19-26/h6-17,19-22,35,49H,5,18,23H2,1-4H3,(H,48,50)/t35-/m0/s1. The molecule has 0 radical (unpaired) electrons. The molecule has 0 aliphatic heterocycles. The maximum absolute atomic E-state index is 15.5. The number of esters is 1. The second-order valence-corrected chi connectivity index (χ2v) is 14.5. The van der Waals surface area contributed by atoms with Crippen LogP contribution in [0.15, 0.2) is 102 Å². The van der Waals surface area contributed by atoms with Gasteiger partial charge in [-0.05, 0) is 88.7 Å². The van der Waals surface area contributed by atoms with Crippen LogP contribution in [0.4, 0.5) is 18.9 Å². The number of carbonyl (C=O) groups excluding carboxylic acids is 2. The van der Waals surface area contributed by atoms with Crippen molar-refractivity contribution in [2.24, 2.45) is 0 Å². The van der Waals surface area contributed by atoms with Crippen LogP contribution in [0.2, 0.25) is 0 Å². The van der Waals surface area contributed by atoms with Gasteiger partial charge in [-0.1, -0.05) is 24.3 Å². The molecule has 0 fully saturated rings. The lowest BCUT2D eigenvalue weighted by atomic mass is 9.92. The number of carbonyl (C=O) groups is 2. The molecule has 0 aliphatic rings. The van der Waals surface area contributed by atoms with E-state index in [0.29, 0.717) is 75.4 Å². The van der Waals surface area contributed by atoms with E-state index in [-0.39, 0.29) is 11.3 Å². The number of sulfonamides is 1. The Labute approximate surface area is 332 Å². The van der Waals surface area contributed by atoms with Crippen molar-refractivity contribution in [2.45, 2.75) is 30.9 Å². The number of fused-ring (bicyclic) bond motifs is 1. The summed E-state index contributed by atoms with van der Waals surface area (Å²) in [6, 6.07) is 16.9. The lowest BCUT2D eigenvalue weighted by molar-refractivity contribution is -0.142. The van der Waals surface area contributed by atoms with Crippen LogP contribution in [0.1, 0.15) is 28.4 Å². The number of hydrogen-bond acceptors (Lipinski definition) is 10. The number of ether oxygens (including phenoxy) is 4. The van der Waals surface area contributed by atoms with E-state index in [0.717, 1.165) is 12.7 Å². The van der Waals surface area contributed by atoms with Crippen LogP contribution in [0.3, 0.4) is 0 Å². The van der Waals surface area contributed by atoms with Crippen molar-refractivity contribution in [2.75, 3.05) is 32.7 Å². The van der Waals surface area contributed by atoms with Crippen molar-refractivity contribution in [3.63, 3.8) is 0 Å². The Morgan fingerprint density at radius 3 is 2.12 bits per heavy atom. The number of anilines is 1. The first-order chi connectivity index (χ1) is 27.9. The highest BCUT2D eigenvalue weighted by Crippen LogP contribution is 2.43. The fraction of sp³-hybridized carbons (Fsp3) is 0.190. The minimum absolute atomic E-state index is 0.156. The third-order valence-corrected chi connectivity index (χ3v) is 10.6. The molecule has 12 nitrogen and oxygen atoms in total. The molecule has 0 bridgehead atoms. The van der Waals surface area contributed by atoms with Crippen molar-refractivity contribution in [3.8, 4) is 33.8 Å². The Morgan fingerprint density at radius 2 is 1.50 bits per heavy atom. The highest BCUT2D eigenvalue weighted by atomic mass is 32.2. The summed E-state index contributed by atoms with van der Waals surface area (Å²) >= 11 is 0. The van der Waals surface area contributed by atoms with Crippen LogP contribution in [0.25, 0.3) is 33.0 Å². The minimum atomic E-state index is -4.36. The van der Waals surface area contributed by atoms with Gasteiger partial charge in [-0.25, -0.2) is 27.0 Å². The van der Waals surface area contributed by atoms with Crippen LogP contribution in [-0.4, -0.2) is 64.2 Å². The number of methoxy groups -OCH3 is 3. The summed E-state index contributed by atoms with van der Waals surface area (Å²) in [5.41, 5.74) is 2.13. The Morgan fingerprint density at radius 1 is 0.810 bits per heavy atom.